The molecule has 3 aromatic carbocycles. The number of rotatable bonds is 8. The van der Waals surface area contributed by atoms with Gasteiger partial charge in [0.05, 0.1) is 16.1 Å². The van der Waals surface area contributed by atoms with Crippen LogP contribution in [0.2, 0.25) is 0 Å². The molecule has 3 rings (SSSR count). The standard InChI is InChI=1S/C26H28N2O5S/c1-19-13-15-23(16-14-19)28(4)34(31,32)24-12-8-11-22(17-24)26(30)33-20(2)25(29)27(3)18-21-9-6-5-7-10-21/h5-17,20H,18H2,1-4H3. The molecule has 0 spiro atoms. The summed E-state index contributed by atoms with van der Waals surface area (Å²) in [6, 6.07) is 22.1. The van der Waals surface area contributed by atoms with Crippen LogP contribution in [-0.4, -0.2) is 45.4 Å². The minimum Gasteiger partial charge on any atom is -0.449 e. The summed E-state index contributed by atoms with van der Waals surface area (Å²) in [7, 11) is -0.818. The molecule has 0 aliphatic heterocycles. The molecule has 0 aromatic heterocycles. The largest absolute Gasteiger partial charge is 0.449 e. The van der Waals surface area contributed by atoms with Crippen LogP contribution in [-0.2, 0) is 26.1 Å². The van der Waals surface area contributed by atoms with Gasteiger partial charge in [-0.3, -0.25) is 9.10 Å². The van der Waals surface area contributed by atoms with Crippen molar-refractivity contribution in [2.45, 2.75) is 31.4 Å². The first-order valence-corrected chi connectivity index (χ1v) is 12.2. The van der Waals surface area contributed by atoms with Crippen LogP contribution in [0, 0.1) is 6.92 Å². The predicted octanol–water partition coefficient (Wildman–Crippen LogP) is 4.02. The van der Waals surface area contributed by atoms with Crippen molar-refractivity contribution < 1.29 is 22.7 Å². The second-order valence-corrected chi connectivity index (χ2v) is 10.0. The fourth-order valence-electron chi connectivity index (χ4n) is 3.36. The van der Waals surface area contributed by atoms with Gasteiger partial charge >= 0.3 is 5.97 Å². The second-order valence-electron chi connectivity index (χ2n) is 8.06. The Balaban J connectivity index is 1.71. The van der Waals surface area contributed by atoms with Crippen molar-refractivity contribution in [3.05, 3.63) is 95.6 Å². The van der Waals surface area contributed by atoms with E-state index in [9.17, 15) is 18.0 Å². The first-order chi connectivity index (χ1) is 16.1. The van der Waals surface area contributed by atoms with Crippen LogP contribution in [0.25, 0.3) is 0 Å². The number of carbonyl (C=O) groups is 2. The molecule has 0 saturated carbocycles. The number of likely N-dealkylation sites (N-methyl/N-ethyl adjacent to an activating group) is 1. The van der Waals surface area contributed by atoms with E-state index in [1.54, 1.807) is 19.2 Å². The number of carbonyl (C=O) groups excluding carboxylic acids is 2. The Bertz CT molecular complexity index is 1260. The van der Waals surface area contributed by atoms with Gasteiger partial charge in [-0.05, 0) is 49.7 Å². The zero-order valence-corrected chi connectivity index (χ0v) is 20.5. The highest BCUT2D eigenvalue weighted by Crippen LogP contribution is 2.23. The van der Waals surface area contributed by atoms with Gasteiger partial charge in [-0.25, -0.2) is 13.2 Å². The van der Waals surface area contributed by atoms with E-state index >= 15 is 0 Å². The van der Waals surface area contributed by atoms with E-state index in [0.29, 0.717) is 12.2 Å². The van der Waals surface area contributed by atoms with E-state index in [4.69, 9.17) is 4.74 Å². The average Bonchev–Trinajstić information content (AvgIpc) is 2.84. The zero-order valence-electron chi connectivity index (χ0n) is 19.6. The summed E-state index contributed by atoms with van der Waals surface area (Å²) in [5.74, 6) is -1.14. The van der Waals surface area contributed by atoms with Gasteiger partial charge in [0, 0.05) is 20.6 Å². The summed E-state index contributed by atoms with van der Waals surface area (Å²) in [5, 5.41) is 0. The van der Waals surface area contributed by atoms with Crippen LogP contribution in [0.3, 0.4) is 0 Å². The van der Waals surface area contributed by atoms with Gasteiger partial charge in [0.1, 0.15) is 0 Å². The molecule has 0 aliphatic rings. The molecular formula is C26H28N2O5S. The Hall–Kier alpha value is -3.65. The number of aryl methyl sites for hydroxylation is 1. The SMILES string of the molecule is Cc1ccc(N(C)S(=O)(=O)c2cccc(C(=O)OC(C)C(=O)N(C)Cc3ccccc3)c2)cc1. The summed E-state index contributed by atoms with van der Waals surface area (Å²) in [6.07, 6.45) is -1.03. The number of hydrogen-bond acceptors (Lipinski definition) is 5. The van der Waals surface area contributed by atoms with Crippen molar-refractivity contribution >= 4 is 27.6 Å². The monoisotopic (exact) mass is 480 g/mol. The molecule has 1 atom stereocenters. The Labute approximate surface area is 200 Å². The minimum atomic E-state index is -3.90. The van der Waals surface area contributed by atoms with Crippen molar-refractivity contribution in [2.75, 3.05) is 18.4 Å². The molecule has 1 unspecified atom stereocenters. The number of esters is 1. The van der Waals surface area contributed by atoms with E-state index in [1.807, 2.05) is 49.4 Å². The van der Waals surface area contributed by atoms with Crippen LogP contribution >= 0.6 is 0 Å². The minimum absolute atomic E-state index is 0.0451. The van der Waals surface area contributed by atoms with Gasteiger partial charge in [-0.1, -0.05) is 54.1 Å². The van der Waals surface area contributed by atoms with Crippen LogP contribution in [0.1, 0.15) is 28.4 Å². The predicted molar refractivity (Wildman–Crippen MR) is 131 cm³/mol. The third kappa shape index (κ3) is 5.82. The normalized spacial score (nSPS) is 12.0. The maximum Gasteiger partial charge on any atom is 0.338 e. The molecule has 3 aromatic rings. The molecule has 0 aliphatic carbocycles. The van der Waals surface area contributed by atoms with E-state index in [1.165, 1.54) is 43.1 Å². The van der Waals surface area contributed by atoms with E-state index in [0.717, 1.165) is 15.4 Å². The summed E-state index contributed by atoms with van der Waals surface area (Å²) in [4.78, 5) is 26.8. The van der Waals surface area contributed by atoms with Crippen molar-refractivity contribution in [1.82, 2.24) is 4.90 Å². The van der Waals surface area contributed by atoms with Crippen LogP contribution in [0.5, 0.6) is 0 Å². The molecule has 8 heteroatoms. The van der Waals surface area contributed by atoms with Crippen molar-refractivity contribution in [3.8, 4) is 0 Å². The maximum absolute atomic E-state index is 13.1. The summed E-state index contributed by atoms with van der Waals surface area (Å²) < 4.78 is 32.7. The quantitative estimate of drug-likeness (QED) is 0.455. The fraction of sp³-hybridized carbons (Fsp3) is 0.231. The van der Waals surface area contributed by atoms with E-state index in [2.05, 4.69) is 0 Å². The first-order valence-electron chi connectivity index (χ1n) is 10.7. The molecule has 34 heavy (non-hydrogen) atoms. The summed E-state index contributed by atoms with van der Waals surface area (Å²) >= 11 is 0. The third-order valence-electron chi connectivity index (χ3n) is 5.40. The highest BCUT2D eigenvalue weighted by Gasteiger charge is 2.25. The summed E-state index contributed by atoms with van der Waals surface area (Å²) in [6.45, 7) is 3.78. The number of anilines is 1. The van der Waals surface area contributed by atoms with Crippen molar-refractivity contribution in [3.63, 3.8) is 0 Å². The van der Waals surface area contributed by atoms with Gasteiger partial charge in [-0.2, -0.15) is 0 Å². The van der Waals surface area contributed by atoms with E-state index in [-0.39, 0.29) is 16.4 Å². The lowest BCUT2D eigenvalue weighted by atomic mass is 10.2. The molecule has 7 nitrogen and oxygen atoms in total. The first kappa shape index (κ1) is 25.0. The molecule has 0 N–H and O–H groups in total. The molecule has 1 amide bonds. The summed E-state index contributed by atoms with van der Waals surface area (Å²) in [5.41, 5.74) is 2.51. The lowest BCUT2D eigenvalue weighted by molar-refractivity contribution is -0.139. The van der Waals surface area contributed by atoms with E-state index < -0.39 is 22.1 Å². The lowest BCUT2D eigenvalue weighted by Crippen LogP contribution is -2.37. The van der Waals surface area contributed by atoms with Crippen LogP contribution in [0.4, 0.5) is 5.69 Å². The molecule has 178 valence electrons. The smallest absolute Gasteiger partial charge is 0.338 e. The maximum atomic E-state index is 13.1. The van der Waals surface area contributed by atoms with Gasteiger partial charge in [-0.15, -0.1) is 0 Å². The number of sulfonamides is 1. The third-order valence-corrected chi connectivity index (χ3v) is 7.18. The number of hydrogen-bond donors (Lipinski definition) is 0. The molecule has 0 bridgehead atoms. The lowest BCUT2D eigenvalue weighted by Gasteiger charge is -2.22. The topological polar surface area (TPSA) is 84.0 Å². The Morgan fingerprint density at radius 3 is 2.21 bits per heavy atom. The fourth-order valence-corrected chi connectivity index (χ4v) is 4.60. The molecule has 0 saturated heterocycles. The van der Waals surface area contributed by atoms with Crippen molar-refractivity contribution in [2.24, 2.45) is 0 Å². The number of nitrogens with zero attached hydrogens (tertiary/aromatic N) is 2. The highest BCUT2D eigenvalue weighted by molar-refractivity contribution is 7.92. The van der Waals surface area contributed by atoms with Gasteiger partial charge < -0.3 is 9.64 Å². The average molecular weight is 481 g/mol. The molecule has 0 heterocycles. The Kier molecular flexibility index (Phi) is 7.73. The van der Waals surface area contributed by atoms with Crippen LogP contribution in [0.15, 0.2) is 83.8 Å². The zero-order chi connectivity index (χ0) is 24.9. The highest BCUT2D eigenvalue weighted by atomic mass is 32.2. The molecular weight excluding hydrogens is 452 g/mol. The van der Waals surface area contributed by atoms with Gasteiger partial charge in [0.25, 0.3) is 15.9 Å². The van der Waals surface area contributed by atoms with Crippen molar-refractivity contribution in [1.29, 1.82) is 0 Å². The molecule has 0 fully saturated rings. The number of amides is 1. The Morgan fingerprint density at radius 2 is 1.56 bits per heavy atom. The molecule has 0 radical (unpaired) electrons. The number of benzene rings is 3. The Morgan fingerprint density at radius 1 is 0.912 bits per heavy atom. The van der Waals surface area contributed by atoms with Gasteiger partial charge in [0.2, 0.25) is 0 Å². The number of ether oxygens (including phenoxy) is 1. The second kappa shape index (κ2) is 10.5. The van der Waals surface area contributed by atoms with Crippen LogP contribution < -0.4 is 4.31 Å². The van der Waals surface area contributed by atoms with Gasteiger partial charge in [0.15, 0.2) is 6.10 Å².